The molecule has 1 unspecified atom stereocenters. The van der Waals surface area contributed by atoms with Gasteiger partial charge in [0.05, 0.1) is 10.0 Å². The molecule has 1 amide bonds. The third kappa shape index (κ3) is 3.15. The van der Waals surface area contributed by atoms with E-state index in [1.807, 2.05) is 14.1 Å². The molecule has 0 spiro atoms. The Labute approximate surface area is 121 Å². The van der Waals surface area contributed by atoms with Crippen LogP contribution in [0.2, 0.25) is 0 Å². The predicted octanol–water partition coefficient (Wildman–Crippen LogP) is 2.75. The van der Waals surface area contributed by atoms with Crippen LogP contribution in [0, 0.1) is 5.82 Å². The van der Waals surface area contributed by atoms with Gasteiger partial charge in [-0.25, -0.2) is 4.39 Å². The predicted molar refractivity (Wildman–Crippen MR) is 76.7 cm³/mol. The van der Waals surface area contributed by atoms with Crippen molar-refractivity contribution < 1.29 is 9.18 Å². The molecule has 0 aromatic heterocycles. The topological polar surface area (TPSA) is 23.6 Å². The summed E-state index contributed by atoms with van der Waals surface area (Å²) in [4.78, 5) is 16.3. The Hall–Kier alpha value is -0.940. The Kier molecular flexibility index (Phi) is 4.58. The smallest absolute Gasteiger partial charge is 0.257 e. The van der Waals surface area contributed by atoms with Gasteiger partial charge in [0.25, 0.3) is 5.91 Å². The summed E-state index contributed by atoms with van der Waals surface area (Å²) in [6.07, 6.45) is 1.97. The first kappa shape index (κ1) is 14.5. The quantitative estimate of drug-likeness (QED) is 0.851. The number of carbonyl (C=O) groups is 1. The van der Waals surface area contributed by atoms with Gasteiger partial charge in [-0.3, -0.25) is 4.79 Å². The highest BCUT2D eigenvalue weighted by molar-refractivity contribution is 9.10. The zero-order chi connectivity index (χ0) is 14.0. The number of hydrogen-bond donors (Lipinski definition) is 0. The van der Waals surface area contributed by atoms with Crippen molar-refractivity contribution in [3.8, 4) is 0 Å². The van der Waals surface area contributed by atoms with Crippen molar-refractivity contribution in [2.24, 2.45) is 0 Å². The number of carbonyl (C=O) groups excluding carboxylic acids is 1. The molecule has 1 atom stereocenters. The lowest BCUT2D eigenvalue weighted by molar-refractivity contribution is 0.0711. The lowest BCUT2D eigenvalue weighted by Gasteiger charge is -2.27. The lowest BCUT2D eigenvalue weighted by Crippen LogP contribution is -2.41. The first-order valence-corrected chi connectivity index (χ1v) is 7.19. The Bertz CT molecular complexity index is 479. The molecule has 0 radical (unpaired) electrons. The van der Waals surface area contributed by atoms with E-state index < -0.39 is 5.82 Å². The molecule has 1 aromatic rings. The van der Waals surface area contributed by atoms with E-state index in [0.29, 0.717) is 11.0 Å². The zero-order valence-corrected chi connectivity index (χ0v) is 12.8. The van der Waals surface area contributed by atoms with E-state index in [1.54, 1.807) is 23.1 Å². The molecule has 3 nitrogen and oxygen atoms in total. The Morgan fingerprint density at radius 1 is 1.53 bits per heavy atom. The molecule has 19 heavy (non-hydrogen) atoms. The van der Waals surface area contributed by atoms with Gasteiger partial charge < -0.3 is 9.80 Å². The molecule has 2 rings (SSSR count). The second-order valence-electron chi connectivity index (χ2n) is 5.16. The molecule has 1 aliphatic heterocycles. The first-order valence-electron chi connectivity index (χ1n) is 6.40. The molecule has 1 heterocycles. The van der Waals surface area contributed by atoms with Crippen molar-refractivity contribution in [1.82, 2.24) is 9.80 Å². The molecule has 0 bridgehead atoms. The van der Waals surface area contributed by atoms with E-state index in [4.69, 9.17) is 0 Å². The minimum Gasteiger partial charge on any atom is -0.334 e. The molecule has 0 aliphatic carbocycles. The molecule has 0 N–H and O–H groups in total. The summed E-state index contributed by atoms with van der Waals surface area (Å²) in [7, 11) is 3.97. The highest BCUT2D eigenvalue weighted by Crippen LogP contribution is 2.24. The fourth-order valence-corrected chi connectivity index (χ4v) is 2.90. The van der Waals surface area contributed by atoms with E-state index >= 15 is 0 Å². The van der Waals surface area contributed by atoms with Crippen LogP contribution in [0.5, 0.6) is 0 Å². The summed E-state index contributed by atoms with van der Waals surface area (Å²) in [6.45, 7) is 1.53. The molecule has 104 valence electrons. The van der Waals surface area contributed by atoms with Crippen LogP contribution in [-0.4, -0.2) is 48.9 Å². The van der Waals surface area contributed by atoms with Crippen LogP contribution >= 0.6 is 15.9 Å². The number of nitrogens with zero attached hydrogens (tertiary/aromatic N) is 2. The summed E-state index contributed by atoms with van der Waals surface area (Å²) in [5, 5.41) is 0. The normalized spacial score (nSPS) is 19.2. The molecule has 0 saturated carbocycles. The average Bonchev–Trinajstić information content (AvgIpc) is 2.79. The second-order valence-corrected chi connectivity index (χ2v) is 6.01. The van der Waals surface area contributed by atoms with Gasteiger partial charge in [0.1, 0.15) is 5.82 Å². The maximum absolute atomic E-state index is 14.0. The number of rotatable bonds is 3. The largest absolute Gasteiger partial charge is 0.334 e. The highest BCUT2D eigenvalue weighted by Gasteiger charge is 2.31. The summed E-state index contributed by atoms with van der Waals surface area (Å²) in [5.41, 5.74) is 0.153. The van der Waals surface area contributed by atoms with Crippen molar-refractivity contribution in [3.63, 3.8) is 0 Å². The van der Waals surface area contributed by atoms with E-state index in [2.05, 4.69) is 20.8 Å². The van der Waals surface area contributed by atoms with Crippen LogP contribution in [0.15, 0.2) is 22.7 Å². The van der Waals surface area contributed by atoms with Gasteiger partial charge in [-0.15, -0.1) is 0 Å². The van der Waals surface area contributed by atoms with Gasteiger partial charge in [0.2, 0.25) is 0 Å². The van der Waals surface area contributed by atoms with E-state index in [0.717, 1.165) is 19.4 Å². The number of amides is 1. The van der Waals surface area contributed by atoms with E-state index in [-0.39, 0.29) is 17.5 Å². The number of halogens is 2. The first-order chi connectivity index (χ1) is 9.00. The third-order valence-electron chi connectivity index (χ3n) is 3.40. The monoisotopic (exact) mass is 328 g/mol. The minimum atomic E-state index is -0.469. The fourth-order valence-electron chi connectivity index (χ4n) is 2.54. The van der Waals surface area contributed by atoms with E-state index in [9.17, 15) is 9.18 Å². The molecule has 1 aromatic carbocycles. The van der Waals surface area contributed by atoms with Crippen LogP contribution in [0.4, 0.5) is 4.39 Å². The fraction of sp³-hybridized carbons (Fsp3) is 0.500. The van der Waals surface area contributed by atoms with Gasteiger partial charge in [-0.2, -0.15) is 0 Å². The average molecular weight is 329 g/mol. The van der Waals surface area contributed by atoms with E-state index in [1.165, 1.54) is 0 Å². The summed E-state index contributed by atoms with van der Waals surface area (Å²) in [5.74, 6) is -0.675. The minimum absolute atomic E-state index is 0.153. The summed E-state index contributed by atoms with van der Waals surface area (Å²) < 4.78 is 14.3. The summed E-state index contributed by atoms with van der Waals surface area (Å²) >= 11 is 3.12. The van der Waals surface area contributed by atoms with Crippen molar-refractivity contribution in [1.29, 1.82) is 0 Å². The highest BCUT2D eigenvalue weighted by atomic mass is 79.9. The zero-order valence-electron chi connectivity index (χ0n) is 11.2. The van der Waals surface area contributed by atoms with Crippen LogP contribution in [0.1, 0.15) is 23.2 Å². The van der Waals surface area contributed by atoms with Crippen LogP contribution < -0.4 is 0 Å². The van der Waals surface area contributed by atoms with Crippen molar-refractivity contribution in [3.05, 3.63) is 34.1 Å². The van der Waals surface area contributed by atoms with Crippen molar-refractivity contribution >= 4 is 21.8 Å². The van der Waals surface area contributed by atoms with Gasteiger partial charge in [0.15, 0.2) is 0 Å². The standard InChI is InChI=1S/C14H18BrFN2O/c1-17(2)9-10-5-4-8-18(10)14(19)11-6-3-7-12(15)13(11)16/h3,6-7,10H,4-5,8-9H2,1-2H3. The van der Waals surface area contributed by atoms with Crippen molar-refractivity contribution in [2.75, 3.05) is 27.2 Å². The SMILES string of the molecule is CN(C)CC1CCCN1C(=O)c1cccc(Br)c1F. The third-order valence-corrected chi connectivity index (χ3v) is 4.01. The molecule has 1 fully saturated rings. The number of benzene rings is 1. The van der Waals surface area contributed by atoms with Gasteiger partial charge in [-0.05, 0) is 55.0 Å². The van der Waals surface area contributed by atoms with Crippen LogP contribution in [0.3, 0.4) is 0 Å². The van der Waals surface area contributed by atoms with Crippen molar-refractivity contribution in [2.45, 2.75) is 18.9 Å². The Balaban J connectivity index is 2.21. The van der Waals surface area contributed by atoms with Crippen LogP contribution in [-0.2, 0) is 0 Å². The Morgan fingerprint density at radius 2 is 2.26 bits per heavy atom. The van der Waals surface area contributed by atoms with Gasteiger partial charge >= 0.3 is 0 Å². The van der Waals surface area contributed by atoms with Gasteiger partial charge in [0, 0.05) is 19.1 Å². The second kappa shape index (κ2) is 6.01. The number of hydrogen-bond acceptors (Lipinski definition) is 2. The molecule has 5 heteroatoms. The summed E-state index contributed by atoms with van der Waals surface area (Å²) in [6, 6.07) is 5.03. The molecular weight excluding hydrogens is 311 g/mol. The molecule has 1 saturated heterocycles. The molecule has 1 aliphatic rings. The Morgan fingerprint density at radius 3 is 2.95 bits per heavy atom. The number of likely N-dealkylation sites (N-methyl/N-ethyl adjacent to an activating group) is 1. The number of likely N-dealkylation sites (tertiary alicyclic amines) is 1. The molecular formula is C14H18BrFN2O. The maximum Gasteiger partial charge on any atom is 0.257 e. The van der Waals surface area contributed by atoms with Gasteiger partial charge in [-0.1, -0.05) is 6.07 Å². The van der Waals surface area contributed by atoms with Crippen LogP contribution in [0.25, 0.3) is 0 Å². The lowest BCUT2D eigenvalue weighted by atomic mass is 10.1. The maximum atomic E-state index is 14.0.